The average Bonchev–Trinajstić information content (AvgIpc) is 3.25. The molecule has 1 fully saturated rings. The molecule has 1 saturated heterocycles. The molecule has 1 aliphatic rings. The van der Waals surface area contributed by atoms with Crippen LogP contribution < -0.4 is 10.6 Å². The first kappa shape index (κ1) is 18.8. The molecule has 0 aliphatic carbocycles. The lowest BCUT2D eigenvalue weighted by molar-refractivity contribution is -0.137. The maximum Gasteiger partial charge on any atom is 0.419 e. The zero-order valence-electron chi connectivity index (χ0n) is 14.6. The van der Waals surface area contributed by atoms with Crippen LogP contribution in [0.15, 0.2) is 18.5 Å². The van der Waals surface area contributed by atoms with Gasteiger partial charge >= 0.3 is 12.2 Å². The van der Waals surface area contributed by atoms with Gasteiger partial charge in [-0.1, -0.05) is 6.92 Å². The van der Waals surface area contributed by atoms with Crippen LogP contribution in [-0.4, -0.2) is 46.6 Å². The Morgan fingerprint density at radius 3 is 2.93 bits per heavy atom. The molecule has 144 valence electrons. The van der Waals surface area contributed by atoms with E-state index < -0.39 is 17.8 Å². The molecular weight excluding hydrogens is 361 g/mol. The third-order valence-corrected chi connectivity index (χ3v) is 4.79. The van der Waals surface area contributed by atoms with E-state index in [0.717, 1.165) is 6.20 Å². The molecule has 0 radical (unpaired) electrons. The number of nitriles is 1. The Morgan fingerprint density at radius 1 is 1.48 bits per heavy atom. The lowest BCUT2D eigenvalue weighted by Crippen LogP contribution is -2.39. The van der Waals surface area contributed by atoms with Crippen molar-refractivity contribution < 1.29 is 18.0 Å². The third kappa shape index (κ3) is 3.77. The molecule has 27 heavy (non-hydrogen) atoms. The first-order chi connectivity index (χ1) is 12.8. The Morgan fingerprint density at radius 2 is 2.26 bits per heavy atom. The molecule has 2 atom stereocenters. The molecule has 3 N–H and O–H groups in total. The number of halogens is 3. The number of hydrogen-bond donors (Lipinski definition) is 3. The number of nitrogens with zero attached hydrogens (tertiary/aromatic N) is 3. The van der Waals surface area contributed by atoms with E-state index in [-0.39, 0.29) is 30.7 Å². The third-order valence-electron chi connectivity index (χ3n) is 4.79. The van der Waals surface area contributed by atoms with E-state index in [2.05, 4.69) is 20.6 Å². The second kappa shape index (κ2) is 7.34. The molecule has 10 heteroatoms. The van der Waals surface area contributed by atoms with Gasteiger partial charge in [0.1, 0.15) is 12.2 Å². The molecule has 0 unspecified atom stereocenters. The number of H-pyrrole nitrogens is 1. The minimum atomic E-state index is -4.55. The quantitative estimate of drug-likeness (QED) is 0.711. The molecule has 2 aromatic heterocycles. The Labute approximate surface area is 153 Å². The lowest BCUT2D eigenvalue weighted by Gasteiger charge is -2.23. The molecule has 0 aromatic carbocycles. The van der Waals surface area contributed by atoms with Crippen molar-refractivity contribution >= 4 is 22.8 Å². The van der Waals surface area contributed by atoms with Gasteiger partial charge in [0.05, 0.1) is 17.3 Å². The maximum absolute atomic E-state index is 13.5. The van der Waals surface area contributed by atoms with Crippen LogP contribution in [0, 0.1) is 17.2 Å². The van der Waals surface area contributed by atoms with Crippen LogP contribution in [0.4, 0.5) is 23.7 Å². The van der Waals surface area contributed by atoms with Gasteiger partial charge < -0.3 is 20.5 Å². The zero-order valence-corrected chi connectivity index (χ0v) is 14.6. The number of pyridine rings is 1. The van der Waals surface area contributed by atoms with Crippen LogP contribution >= 0.6 is 0 Å². The molecule has 2 aromatic rings. The topological polar surface area (TPSA) is 96.8 Å². The van der Waals surface area contributed by atoms with Crippen LogP contribution in [0.5, 0.6) is 0 Å². The second-order valence-corrected chi connectivity index (χ2v) is 6.43. The maximum atomic E-state index is 13.5. The van der Waals surface area contributed by atoms with Crippen LogP contribution in [0.3, 0.4) is 0 Å². The molecule has 3 heterocycles. The summed E-state index contributed by atoms with van der Waals surface area (Å²) in [6.45, 7) is 2.48. The Bertz CT molecular complexity index is 872. The molecule has 1 aliphatic heterocycles. The van der Waals surface area contributed by atoms with E-state index in [1.165, 1.54) is 11.1 Å². The van der Waals surface area contributed by atoms with Gasteiger partial charge in [0.25, 0.3) is 0 Å². The molecule has 3 rings (SSSR count). The fraction of sp³-hybridized carbons (Fsp3) is 0.471. The number of urea groups is 1. The number of aromatic amines is 1. The van der Waals surface area contributed by atoms with E-state index in [0.29, 0.717) is 24.0 Å². The Kier molecular flexibility index (Phi) is 5.12. The van der Waals surface area contributed by atoms with Crippen molar-refractivity contribution in [2.24, 2.45) is 5.92 Å². The Hall–Kier alpha value is -2.96. The molecule has 2 amide bonds. The smallest absolute Gasteiger partial charge is 0.379 e. The van der Waals surface area contributed by atoms with Crippen molar-refractivity contribution in [2.75, 3.05) is 25.0 Å². The fourth-order valence-corrected chi connectivity index (χ4v) is 3.40. The number of carbonyl (C=O) groups is 1. The summed E-state index contributed by atoms with van der Waals surface area (Å²) < 4.78 is 40.5. The van der Waals surface area contributed by atoms with Gasteiger partial charge in [-0.05, 0) is 18.4 Å². The molecule has 7 nitrogen and oxygen atoms in total. The van der Waals surface area contributed by atoms with Crippen LogP contribution in [0.25, 0.3) is 11.0 Å². The number of amides is 2. The standard InChI is InChI=1S/C17H19F3N6O/c1-2-10-8-26(16(27)23-6-4-21)9-13(10)25-14-11-3-5-22-15(11)24-7-12(14)17(18,19)20/h3,5,7,10,13H,2,6,8-9H2,1H3,(H,23,27)(H2,22,24,25)/t10-,13+/m1/s1. The summed E-state index contributed by atoms with van der Waals surface area (Å²) in [7, 11) is 0. The highest BCUT2D eigenvalue weighted by Gasteiger charge is 2.39. The SMILES string of the molecule is CC[C@@H]1CN(C(=O)NCC#N)C[C@@H]1Nc1c(C(F)(F)F)cnc2[nH]ccc12. The Balaban J connectivity index is 1.89. The number of aromatic nitrogens is 2. The highest BCUT2D eigenvalue weighted by Crippen LogP contribution is 2.39. The predicted octanol–water partition coefficient (Wildman–Crippen LogP) is 2.94. The van der Waals surface area contributed by atoms with Crippen LogP contribution in [0.1, 0.15) is 18.9 Å². The van der Waals surface area contributed by atoms with Gasteiger partial charge in [-0.25, -0.2) is 9.78 Å². The van der Waals surface area contributed by atoms with E-state index in [1.54, 1.807) is 6.07 Å². The van der Waals surface area contributed by atoms with Gasteiger partial charge in [0.2, 0.25) is 0 Å². The van der Waals surface area contributed by atoms with Crippen LogP contribution in [-0.2, 0) is 6.18 Å². The summed E-state index contributed by atoms with van der Waals surface area (Å²) in [6, 6.07) is 2.64. The number of carbonyl (C=O) groups excluding carboxylic acids is 1. The van der Waals surface area contributed by atoms with Gasteiger partial charge in [-0.2, -0.15) is 18.4 Å². The molecule has 0 saturated carbocycles. The van der Waals surface area contributed by atoms with Crippen molar-refractivity contribution in [1.82, 2.24) is 20.2 Å². The van der Waals surface area contributed by atoms with E-state index >= 15 is 0 Å². The summed E-state index contributed by atoms with van der Waals surface area (Å²) in [5.41, 5.74) is -0.506. The summed E-state index contributed by atoms with van der Waals surface area (Å²) in [6.07, 6.45) is -1.50. The van der Waals surface area contributed by atoms with Crippen molar-refractivity contribution in [1.29, 1.82) is 5.26 Å². The predicted molar refractivity (Wildman–Crippen MR) is 92.9 cm³/mol. The second-order valence-electron chi connectivity index (χ2n) is 6.43. The van der Waals surface area contributed by atoms with Gasteiger partial charge in [-0.15, -0.1) is 0 Å². The first-order valence-electron chi connectivity index (χ1n) is 8.54. The number of fused-ring (bicyclic) bond motifs is 1. The first-order valence-corrected chi connectivity index (χ1v) is 8.54. The van der Waals surface area contributed by atoms with Crippen molar-refractivity contribution in [3.63, 3.8) is 0 Å². The van der Waals surface area contributed by atoms with Gasteiger partial charge in [0.15, 0.2) is 0 Å². The van der Waals surface area contributed by atoms with E-state index in [9.17, 15) is 18.0 Å². The summed E-state index contributed by atoms with van der Waals surface area (Å²) in [4.78, 5) is 20.3. The van der Waals surface area contributed by atoms with Gasteiger partial charge in [-0.3, -0.25) is 0 Å². The normalized spacial score (nSPS) is 19.9. The number of alkyl halides is 3. The molecule has 0 bridgehead atoms. The van der Waals surface area contributed by atoms with Crippen molar-refractivity contribution in [2.45, 2.75) is 25.6 Å². The fourth-order valence-electron chi connectivity index (χ4n) is 3.40. The average molecular weight is 380 g/mol. The zero-order chi connectivity index (χ0) is 19.6. The van der Waals surface area contributed by atoms with Crippen LogP contribution in [0.2, 0.25) is 0 Å². The number of anilines is 1. The largest absolute Gasteiger partial charge is 0.419 e. The van der Waals surface area contributed by atoms with Crippen molar-refractivity contribution in [3.8, 4) is 6.07 Å². The summed E-state index contributed by atoms with van der Waals surface area (Å²) in [5.74, 6) is -0.0129. The lowest BCUT2D eigenvalue weighted by atomic mass is 10.00. The minimum Gasteiger partial charge on any atom is -0.379 e. The highest BCUT2D eigenvalue weighted by atomic mass is 19.4. The summed E-state index contributed by atoms with van der Waals surface area (Å²) in [5, 5.41) is 14.4. The van der Waals surface area contributed by atoms with Gasteiger partial charge in [0, 0.05) is 36.9 Å². The number of rotatable bonds is 4. The monoisotopic (exact) mass is 380 g/mol. The molecule has 0 spiro atoms. The number of nitrogens with one attached hydrogen (secondary N) is 3. The molecular formula is C17H19F3N6O. The highest BCUT2D eigenvalue weighted by molar-refractivity contribution is 5.91. The van der Waals surface area contributed by atoms with E-state index in [4.69, 9.17) is 5.26 Å². The number of likely N-dealkylation sites (tertiary alicyclic amines) is 1. The minimum absolute atomic E-state index is 0.0129. The number of hydrogen-bond acceptors (Lipinski definition) is 4. The van der Waals surface area contributed by atoms with E-state index in [1.807, 2.05) is 13.0 Å². The summed E-state index contributed by atoms with van der Waals surface area (Å²) >= 11 is 0. The van der Waals surface area contributed by atoms with Crippen molar-refractivity contribution in [3.05, 3.63) is 24.0 Å².